The summed E-state index contributed by atoms with van der Waals surface area (Å²) in [4.78, 5) is 16.6. The van der Waals surface area contributed by atoms with Crippen molar-refractivity contribution < 1.29 is 17.9 Å². The molecule has 6 nitrogen and oxygen atoms in total. The van der Waals surface area contributed by atoms with E-state index >= 15 is 0 Å². The van der Waals surface area contributed by atoms with Crippen LogP contribution in [0.2, 0.25) is 10.0 Å². The zero-order chi connectivity index (χ0) is 21.9. The van der Waals surface area contributed by atoms with Gasteiger partial charge in [0, 0.05) is 37.4 Å². The number of halogens is 2. The molecule has 0 radical (unpaired) electrons. The Morgan fingerprint density at radius 3 is 2.40 bits per heavy atom. The maximum atomic E-state index is 13.0. The van der Waals surface area contributed by atoms with Gasteiger partial charge < -0.3 is 14.5 Å². The van der Waals surface area contributed by atoms with Crippen molar-refractivity contribution in [2.45, 2.75) is 19.0 Å². The van der Waals surface area contributed by atoms with Crippen LogP contribution in [-0.2, 0) is 21.2 Å². The Kier molecular flexibility index (Phi) is 7.16. The average molecular weight is 471 g/mol. The van der Waals surface area contributed by atoms with Crippen molar-refractivity contribution in [2.24, 2.45) is 0 Å². The van der Waals surface area contributed by atoms with E-state index in [4.69, 9.17) is 27.9 Å². The molecule has 0 spiro atoms. The van der Waals surface area contributed by atoms with Crippen LogP contribution in [-0.4, -0.2) is 57.5 Å². The molecule has 162 valence electrons. The summed E-state index contributed by atoms with van der Waals surface area (Å²) in [5, 5.41) is 0.780. The molecule has 0 bridgehead atoms. The van der Waals surface area contributed by atoms with Gasteiger partial charge in [-0.05, 0) is 42.3 Å². The first-order valence-corrected chi connectivity index (χ1v) is 12.1. The van der Waals surface area contributed by atoms with E-state index in [0.717, 1.165) is 11.3 Å². The van der Waals surface area contributed by atoms with Crippen LogP contribution in [0.5, 0.6) is 5.75 Å². The first kappa shape index (κ1) is 22.7. The van der Waals surface area contributed by atoms with Gasteiger partial charge in [-0.15, -0.1) is 0 Å². The molecule has 0 aromatic heterocycles. The van der Waals surface area contributed by atoms with E-state index in [1.165, 1.54) is 6.07 Å². The Morgan fingerprint density at radius 2 is 1.83 bits per heavy atom. The number of hydrogen-bond donors (Lipinski definition) is 0. The van der Waals surface area contributed by atoms with Crippen LogP contribution >= 0.6 is 23.2 Å². The van der Waals surface area contributed by atoms with Crippen molar-refractivity contribution in [3.8, 4) is 5.75 Å². The Morgan fingerprint density at radius 1 is 1.13 bits per heavy atom. The van der Waals surface area contributed by atoms with E-state index in [9.17, 15) is 13.2 Å². The first-order valence-electron chi connectivity index (χ1n) is 9.48. The average Bonchev–Trinajstić information content (AvgIpc) is 3.05. The maximum Gasteiger partial charge on any atom is 0.261 e. The Balaban J connectivity index is 1.75. The van der Waals surface area contributed by atoms with Gasteiger partial charge in [-0.1, -0.05) is 35.3 Å². The second-order valence-corrected chi connectivity index (χ2v) is 10.6. The number of carbonyl (C=O) groups excluding carboxylic acids is 1. The lowest BCUT2D eigenvalue weighted by Gasteiger charge is -2.28. The summed E-state index contributed by atoms with van der Waals surface area (Å²) in [5.74, 6) is 0.115. The van der Waals surface area contributed by atoms with Gasteiger partial charge in [0.1, 0.15) is 5.75 Å². The summed E-state index contributed by atoms with van der Waals surface area (Å²) < 4.78 is 29.6. The van der Waals surface area contributed by atoms with E-state index in [1.807, 2.05) is 43.3 Å². The molecule has 1 fully saturated rings. The lowest BCUT2D eigenvalue weighted by Crippen LogP contribution is -2.43. The smallest absolute Gasteiger partial charge is 0.261 e. The lowest BCUT2D eigenvalue weighted by molar-refractivity contribution is -0.136. The molecule has 0 unspecified atom stereocenters. The molecule has 1 atom stereocenters. The fourth-order valence-corrected chi connectivity index (χ4v) is 5.55. The minimum absolute atomic E-state index is 0.0315. The highest BCUT2D eigenvalue weighted by Crippen LogP contribution is 2.28. The van der Waals surface area contributed by atoms with Crippen molar-refractivity contribution in [2.75, 3.05) is 37.1 Å². The number of sulfone groups is 1. The fraction of sp³-hybridized carbons (Fsp3) is 0.381. The van der Waals surface area contributed by atoms with Gasteiger partial charge in [0.15, 0.2) is 16.4 Å². The third kappa shape index (κ3) is 5.80. The SMILES string of the molecule is CN(C)c1ccc(CN(C(=O)COc2ccc(Cl)cc2Cl)[C@@H]2CCS(=O)(=O)C2)cc1. The maximum absolute atomic E-state index is 13.0. The summed E-state index contributed by atoms with van der Waals surface area (Å²) >= 11 is 12.0. The van der Waals surface area contributed by atoms with Crippen LogP contribution < -0.4 is 9.64 Å². The largest absolute Gasteiger partial charge is 0.482 e. The van der Waals surface area contributed by atoms with Crippen molar-refractivity contribution in [1.82, 2.24) is 4.90 Å². The highest BCUT2D eigenvalue weighted by atomic mass is 35.5. The quantitative estimate of drug-likeness (QED) is 0.617. The van der Waals surface area contributed by atoms with Crippen LogP contribution in [0.4, 0.5) is 5.69 Å². The van der Waals surface area contributed by atoms with Gasteiger partial charge in [-0.3, -0.25) is 4.79 Å². The summed E-state index contributed by atoms with van der Waals surface area (Å²) in [5.41, 5.74) is 1.96. The van der Waals surface area contributed by atoms with Crippen molar-refractivity contribution in [1.29, 1.82) is 0 Å². The predicted molar refractivity (Wildman–Crippen MR) is 120 cm³/mol. The van der Waals surface area contributed by atoms with Gasteiger partial charge in [0.05, 0.1) is 16.5 Å². The lowest BCUT2D eigenvalue weighted by atomic mass is 10.1. The van der Waals surface area contributed by atoms with Crippen LogP contribution in [0.1, 0.15) is 12.0 Å². The Bertz CT molecular complexity index is 1010. The molecular weight excluding hydrogens is 447 g/mol. The summed E-state index contributed by atoms with van der Waals surface area (Å²) in [6.45, 7) is 0.0676. The van der Waals surface area contributed by atoms with Crippen molar-refractivity contribution in [3.05, 3.63) is 58.1 Å². The van der Waals surface area contributed by atoms with Gasteiger partial charge in [0.2, 0.25) is 0 Å². The Hall–Kier alpha value is -1.96. The molecule has 1 amide bonds. The van der Waals surface area contributed by atoms with Crippen LogP contribution in [0.3, 0.4) is 0 Å². The molecule has 0 N–H and O–H groups in total. The molecule has 3 rings (SSSR count). The topological polar surface area (TPSA) is 66.9 Å². The molecular formula is C21H24Cl2N2O4S. The zero-order valence-electron chi connectivity index (χ0n) is 16.8. The minimum atomic E-state index is -3.14. The van der Waals surface area contributed by atoms with E-state index in [0.29, 0.717) is 28.8 Å². The number of carbonyl (C=O) groups is 1. The zero-order valence-corrected chi connectivity index (χ0v) is 19.2. The minimum Gasteiger partial charge on any atom is -0.482 e. The second-order valence-electron chi connectivity index (χ2n) is 7.50. The number of nitrogens with zero attached hydrogens (tertiary/aromatic N) is 2. The number of ether oxygens (including phenoxy) is 1. The van der Waals surface area contributed by atoms with Crippen molar-refractivity contribution >= 4 is 44.6 Å². The number of hydrogen-bond acceptors (Lipinski definition) is 5. The standard InChI is InChI=1S/C21H24Cl2N2O4S/c1-24(2)17-6-3-15(4-7-17)12-25(18-9-10-30(27,28)14-18)21(26)13-29-20-8-5-16(22)11-19(20)23/h3-8,11,18H,9-10,12-14H2,1-2H3/t18-/m1/s1. The van der Waals surface area contributed by atoms with Gasteiger partial charge in [-0.2, -0.15) is 0 Å². The van der Waals surface area contributed by atoms with Crippen LogP contribution in [0, 0.1) is 0 Å². The number of benzene rings is 2. The van der Waals surface area contributed by atoms with E-state index in [2.05, 4.69) is 0 Å². The highest BCUT2D eigenvalue weighted by molar-refractivity contribution is 7.91. The van der Waals surface area contributed by atoms with Crippen LogP contribution in [0.15, 0.2) is 42.5 Å². The summed E-state index contributed by atoms with van der Waals surface area (Å²) in [7, 11) is 0.764. The molecule has 9 heteroatoms. The number of anilines is 1. The highest BCUT2D eigenvalue weighted by Gasteiger charge is 2.34. The molecule has 1 heterocycles. The molecule has 30 heavy (non-hydrogen) atoms. The third-order valence-electron chi connectivity index (χ3n) is 5.02. The number of amides is 1. The second kappa shape index (κ2) is 9.45. The molecule has 0 aliphatic carbocycles. The number of rotatable bonds is 7. The monoisotopic (exact) mass is 470 g/mol. The summed E-state index contributed by atoms with van der Waals surface area (Å²) in [6.07, 6.45) is 0.422. The van der Waals surface area contributed by atoms with Crippen LogP contribution in [0.25, 0.3) is 0 Å². The predicted octanol–water partition coefficient (Wildman–Crippen LogP) is 3.65. The fourth-order valence-electron chi connectivity index (χ4n) is 3.35. The van der Waals surface area contributed by atoms with Crippen molar-refractivity contribution in [3.63, 3.8) is 0 Å². The molecule has 2 aromatic carbocycles. The van der Waals surface area contributed by atoms with Gasteiger partial charge >= 0.3 is 0 Å². The molecule has 1 saturated heterocycles. The van der Waals surface area contributed by atoms with Gasteiger partial charge in [0.25, 0.3) is 5.91 Å². The molecule has 1 aliphatic heterocycles. The molecule has 2 aromatic rings. The summed E-state index contributed by atoms with van der Waals surface area (Å²) in [6, 6.07) is 12.2. The van der Waals surface area contributed by atoms with Gasteiger partial charge in [-0.25, -0.2) is 8.42 Å². The first-order chi connectivity index (χ1) is 14.1. The molecule has 0 saturated carbocycles. The van der Waals surface area contributed by atoms with E-state index in [1.54, 1.807) is 17.0 Å². The normalized spacial score (nSPS) is 17.5. The molecule has 1 aliphatic rings. The third-order valence-corrected chi connectivity index (χ3v) is 7.30. The Labute approximate surface area is 187 Å². The van der Waals surface area contributed by atoms with E-state index < -0.39 is 9.84 Å². The van der Waals surface area contributed by atoms with E-state index in [-0.39, 0.29) is 30.1 Å².